The molecule has 1 atom stereocenters. The van der Waals surface area contributed by atoms with Crippen molar-refractivity contribution in [1.82, 2.24) is 5.32 Å². The average molecular weight is 375 g/mol. The summed E-state index contributed by atoms with van der Waals surface area (Å²) in [4.78, 5) is 1.33. The molecule has 0 aliphatic carbocycles. The molecule has 1 aromatic carbocycles. The van der Waals surface area contributed by atoms with Gasteiger partial charge in [0.1, 0.15) is 0 Å². The van der Waals surface area contributed by atoms with E-state index in [9.17, 15) is 0 Å². The van der Waals surface area contributed by atoms with Crippen LogP contribution in [0.5, 0.6) is 0 Å². The summed E-state index contributed by atoms with van der Waals surface area (Å²) in [7, 11) is 0. The Balaban J connectivity index is 2.35. The molecule has 1 unspecified atom stereocenters. The monoisotopic (exact) mass is 373 g/mol. The summed E-state index contributed by atoms with van der Waals surface area (Å²) in [6.07, 6.45) is 0. The van der Waals surface area contributed by atoms with Crippen LogP contribution >= 0.6 is 43.2 Å². The molecule has 2 rings (SSSR count). The molecule has 0 aliphatic rings. The first-order chi connectivity index (χ1) is 8.22. The highest BCUT2D eigenvalue weighted by Crippen LogP contribution is 2.33. The van der Waals surface area contributed by atoms with Gasteiger partial charge < -0.3 is 5.32 Å². The lowest BCUT2D eigenvalue weighted by Gasteiger charge is -2.17. The average Bonchev–Trinajstić information content (AvgIpc) is 2.74. The Labute approximate surface area is 123 Å². The lowest BCUT2D eigenvalue weighted by molar-refractivity contribution is 0.638. The molecule has 1 N–H and O–H groups in total. The Morgan fingerprint density at radius 1 is 1.18 bits per heavy atom. The van der Waals surface area contributed by atoms with Crippen LogP contribution in [-0.2, 0) is 0 Å². The van der Waals surface area contributed by atoms with Gasteiger partial charge in [0.15, 0.2) is 0 Å². The van der Waals surface area contributed by atoms with Crippen molar-refractivity contribution in [3.05, 3.63) is 55.1 Å². The van der Waals surface area contributed by atoms with Crippen LogP contribution < -0.4 is 5.32 Å². The van der Waals surface area contributed by atoms with E-state index < -0.39 is 0 Å². The molecular weight excluding hydrogens is 362 g/mol. The molecule has 1 heterocycles. The van der Waals surface area contributed by atoms with Gasteiger partial charge in [-0.15, -0.1) is 11.3 Å². The number of rotatable bonds is 4. The molecule has 0 bridgehead atoms. The minimum absolute atomic E-state index is 0.266. The van der Waals surface area contributed by atoms with Crippen LogP contribution in [0.4, 0.5) is 0 Å². The minimum atomic E-state index is 0.266. The number of thiophene rings is 1. The minimum Gasteiger partial charge on any atom is -0.306 e. The van der Waals surface area contributed by atoms with Crippen LogP contribution in [0.15, 0.2) is 44.7 Å². The zero-order valence-corrected chi connectivity index (χ0v) is 13.4. The highest BCUT2D eigenvalue weighted by Gasteiger charge is 2.16. The Bertz CT molecular complexity index is 478. The van der Waals surface area contributed by atoms with Gasteiger partial charge in [-0.2, -0.15) is 0 Å². The lowest BCUT2D eigenvalue weighted by atomic mass is 10.1. The van der Waals surface area contributed by atoms with Gasteiger partial charge in [-0.1, -0.05) is 35.0 Å². The molecule has 0 fully saturated rings. The van der Waals surface area contributed by atoms with Crippen molar-refractivity contribution in [3.8, 4) is 0 Å². The van der Waals surface area contributed by atoms with Crippen molar-refractivity contribution in [1.29, 1.82) is 0 Å². The molecule has 1 aromatic heterocycles. The maximum Gasteiger partial charge on any atom is 0.0682 e. The predicted octanol–water partition coefficient (Wildman–Crippen LogP) is 4.97. The van der Waals surface area contributed by atoms with Gasteiger partial charge in [0.25, 0.3) is 0 Å². The number of benzene rings is 1. The summed E-state index contributed by atoms with van der Waals surface area (Å²) in [6, 6.07) is 10.8. The third-order valence-corrected chi connectivity index (χ3v) is 4.98. The lowest BCUT2D eigenvalue weighted by Crippen LogP contribution is -2.21. The van der Waals surface area contributed by atoms with E-state index in [0.29, 0.717) is 0 Å². The smallest absolute Gasteiger partial charge is 0.0682 e. The largest absolute Gasteiger partial charge is 0.306 e. The molecule has 0 saturated carbocycles. The highest BCUT2D eigenvalue weighted by atomic mass is 79.9. The van der Waals surface area contributed by atoms with Gasteiger partial charge >= 0.3 is 0 Å². The highest BCUT2D eigenvalue weighted by molar-refractivity contribution is 9.10. The van der Waals surface area contributed by atoms with Gasteiger partial charge in [-0.25, -0.2) is 0 Å². The maximum atomic E-state index is 3.61. The summed E-state index contributed by atoms with van der Waals surface area (Å²) < 4.78 is 2.29. The summed E-state index contributed by atoms with van der Waals surface area (Å²) in [5.41, 5.74) is 1.29. The van der Waals surface area contributed by atoms with Crippen molar-refractivity contribution >= 4 is 43.2 Å². The van der Waals surface area contributed by atoms with E-state index in [-0.39, 0.29) is 6.04 Å². The van der Waals surface area contributed by atoms with Gasteiger partial charge in [0.2, 0.25) is 0 Å². The summed E-state index contributed by atoms with van der Waals surface area (Å²) in [5.74, 6) is 0. The topological polar surface area (TPSA) is 12.0 Å². The van der Waals surface area contributed by atoms with Crippen molar-refractivity contribution in [2.75, 3.05) is 6.54 Å². The van der Waals surface area contributed by atoms with Crippen molar-refractivity contribution in [2.45, 2.75) is 13.0 Å². The number of halogens is 2. The molecule has 0 amide bonds. The first kappa shape index (κ1) is 13.3. The zero-order valence-electron chi connectivity index (χ0n) is 9.41. The third kappa shape index (κ3) is 3.19. The molecule has 0 saturated heterocycles. The van der Waals surface area contributed by atoms with Crippen LogP contribution in [-0.4, -0.2) is 6.54 Å². The molecule has 90 valence electrons. The van der Waals surface area contributed by atoms with E-state index in [2.05, 4.69) is 79.8 Å². The Kier molecular flexibility index (Phi) is 4.79. The molecule has 2 aromatic rings. The fourth-order valence-corrected chi connectivity index (χ4v) is 3.70. The SMILES string of the molecule is CCNC(c1ccc(Br)cc1)c1sccc1Br. The predicted molar refractivity (Wildman–Crippen MR) is 81.7 cm³/mol. The quantitative estimate of drug-likeness (QED) is 0.796. The summed E-state index contributed by atoms with van der Waals surface area (Å²) >= 11 is 8.86. The van der Waals surface area contributed by atoms with Crippen molar-refractivity contribution in [3.63, 3.8) is 0 Å². The molecule has 1 nitrogen and oxygen atoms in total. The van der Waals surface area contributed by atoms with Crippen LogP contribution in [0.1, 0.15) is 23.4 Å². The van der Waals surface area contributed by atoms with E-state index in [1.807, 2.05) is 0 Å². The zero-order chi connectivity index (χ0) is 12.3. The number of hydrogen-bond acceptors (Lipinski definition) is 2. The van der Waals surface area contributed by atoms with Gasteiger partial charge in [0, 0.05) is 13.8 Å². The fourth-order valence-electron chi connectivity index (χ4n) is 1.73. The van der Waals surface area contributed by atoms with E-state index in [1.165, 1.54) is 14.9 Å². The second-order valence-electron chi connectivity index (χ2n) is 3.68. The van der Waals surface area contributed by atoms with Crippen LogP contribution in [0.25, 0.3) is 0 Å². The molecule has 0 radical (unpaired) electrons. The third-order valence-electron chi connectivity index (χ3n) is 2.52. The Morgan fingerprint density at radius 2 is 1.88 bits per heavy atom. The van der Waals surface area contributed by atoms with Crippen LogP contribution in [0.2, 0.25) is 0 Å². The van der Waals surface area contributed by atoms with Gasteiger partial charge in [0.05, 0.1) is 6.04 Å². The van der Waals surface area contributed by atoms with E-state index in [0.717, 1.165) is 11.0 Å². The molecule has 0 spiro atoms. The summed E-state index contributed by atoms with van der Waals surface area (Å²) in [5, 5.41) is 5.64. The fraction of sp³-hybridized carbons (Fsp3) is 0.231. The second-order valence-corrected chi connectivity index (χ2v) is 6.39. The second kappa shape index (κ2) is 6.14. The number of hydrogen-bond donors (Lipinski definition) is 1. The van der Waals surface area contributed by atoms with Crippen LogP contribution in [0, 0.1) is 0 Å². The maximum absolute atomic E-state index is 3.61. The van der Waals surface area contributed by atoms with Crippen molar-refractivity contribution in [2.24, 2.45) is 0 Å². The van der Waals surface area contributed by atoms with E-state index in [4.69, 9.17) is 0 Å². The van der Waals surface area contributed by atoms with Gasteiger partial charge in [-0.3, -0.25) is 0 Å². The first-order valence-corrected chi connectivity index (χ1v) is 7.90. The van der Waals surface area contributed by atoms with E-state index in [1.54, 1.807) is 11.3 Å². The van der Waals surface area contributed by atoms with Gasteiger partial charge in [-0.05, 0) is 51.6 Å². The first-order valence-electron chi connectivity index (χ1n) is 5.44. The number of nitrogens with one attached hydrogen (secondary N) is 1. The molecule has 0 aliphatic heterocycles. The normalized spacial score (nSPS) is 12.6. The van der Waals surface area contributed by atoms with Crippen LogP contribution in [0.3, 0.4) is 0 Å². The Morgan fingerprint density at radius 3 is 2.41 bits per heavy atom. The molecule has 4 heteroatoms. The Hall–Kier alpha value is -0.160. The molecule has 17 heavy (non-hydrogen) atoms. The van der Waals surface area contributed by atoms with Crippen molar-refractivity contribution < 1.29 is 0 Å². The molecular formula is C13H13Br2NS. The summed E-state index contributed by atoms with van der Waals surface area (Å²) in [6.45, 7) is 3.08. The van der Waals surface area contributed by atoms with E-state index >= 15 is 0 Å². The standard InChI is InChI=1S/C13H13Br2NS/c1-2-16-12(13-11(15)7-8-17-13)9-3-5-10(14)6-4-9/h3-8,12,16H,2H2,1H3.